The van der Waals surface area contributed by atoms with Crippen LogP contribution in [-0.4, -0.2) is 27.4 Å². The van der Waals surface area contributed by atoms with E-state index in [1.807, 2.05) is 93.2 Å². The first-order chi connectivity index (χ1) is 18.3. The van der Waals surface area contributed by atoms with Crippen LogP contribution in [0.15, 0.2) is 75.8 Å². The lowest BCUT2D eigenvalue weighted by atomic mass is 9.95. The first kappa shape index (κ1) is 25.4. The van der Waals surface area contributed by atoms with E-state index in [9.17, 15) is 9.59 Å². The standard InChI is InChI=1S/C29H29N5O3S/c1-6-33-16-21(18(3)32-33)15-24-28(36)34-26(20-11-13-22(37-5)14-12-20)25(19(4)30-29(34)38-24)27(35)31-23-10-8-7-9-17(23)2/h7-16,26H,6H2,1-5H3,(H,31,35)/b24-15+/t26-/m1/s1. The van der Waals surface area contributed by atoms with E-state index in [-0.39, 0.29) is 11.5 Å². The number of aromatic nitrogens is 3. The normalized spacial score (nSPS) is 15.3. The molecule has 8 nitrogen and oxygen atoms in total. The molecule has 0 spiro atoms. The minimum absolute atomic E-state index is 0.202. The summed E-state index contributed by atoms with van der Waals surface area (Å²) in [6.07, 6.45) is 3.79. The predicted molar refractivity (Wildman–Crippen MR) is 149 cm³/mol. The summed E-state index contributed by atoms with van der Waals surface area (Å²) in [4.78, 5) is 32.9. The molecule has 2 aromatic carbocycles. The largest absolute Gasteiger partial charge is 0.497 e. The van der Waals surface area contributed by atoms with Crippen molar-refractivity contribution in [3.05, 3.63) is 108 Å². The molecule has 0 radical (unpaired) electrons. The van der Waals surface area contributed by atoms with Gasteiger partial charge < -0.3 is 10.1 Å². The number of thiazole rings is 1. The summed E-state index contributed by atoms with van der Waals surface area (Å²) in [5.74, 6) is 0.395. The van der Waals surface area contributed by atoms with Crippen LogP contribution in [0.3, 0.4) is 0 Å². The number of para-hydroxylation sites is 1. The molecule has 5 rings (SSSR count). The van der Waals surface area contributed by atoms with Crippen LogP contribution in [0.25, 0.3) is 6.08 Å². The highest BCUT2D eigenvalue weighted by atomic mass is 32.1. The van der Waals surface area contributed by atoms with Crippen molar-refractivity contribution in [1.29, 1.82) is 0 Å². The Hall–Kier alpha value is -4.24. The molecular formula is C29H29N5O3S. The maximum absolute atomic E-state index is 13.9. The second kappa shape index (κ2) is 10.3. The van der Waals surface area contributed by atoms with Gasteiger partial charge in [0.15, 0.2) is 4.80 Å². The van der Waals surface area contributed by atoms with Crippen molar-refractivity contribution < 1.29 is 9.53 Å². The summed E-state index contributed by atoms with van der Waals surface area (Å²) < 4.78 is 9.34. The molecule has 1 aliphatic heterocycles. The van der Waals surface area contributed by atoms with Gasteiger partial charge in [0.1, 0.15) is 5.75 Å². The van der Waals surface area contributed by atoms with Gasteiger partial charge in [-0.25, -0.2) is 4.99 Å². The fourth-order valence-electron chi connectivity index (χ4n) is 4.59. The molecule has 0 bridgehead atoms. The third kappa shape index (κ3) is 4.61. The predicted octanol–water partition coefficient (Wildman–Crippen LogP) is 3.72. The van der Waals surface area contributed by atoms with E-state index >= 15 is 0 Å². The van der Waals surface area contributed by atoms with E-state index in [1.165, 1.54) is 11.3 Å². The highest BCUT2D eigenvalue weighted by Gasteiger charge is 2.32. The molecule has 0 saturated heterocycles. The van der Waals surface area contributed by atoms with Gasteiger partial charge in [-0.15, -0.1) is 0 Å². The van der Waals surface area contributed by atoms with Crippen molar-refractivity contribution in [2.45, 2.75) is 40.3 Å². The number of ether oxygens (including phenoxy) is 1. The third-order valence-corrected chi connectivity index (χ3v) is 7.67. The Labute approximate surface area is 224 Å². The molecule has 1 atom stereocenters. The van der Waals surface area contributed by atoms with Gasteiger partial charge in [0.25, 0.3) is 11.5 Å². The van der Waals surface area contributed by atoms with Crippen LogP contribution in [-0.2, 0) is 11.3 Å². The number of fused-ring (bicyclic) bond motifs is 1. The Morgan fingerprint density at radius 3 is 2.53 bits per heavy atom. The Bertz CT molecular complexity index is 1740. The number of carbonyl (C=O) groups excluding carboxylic acids is 1. The van der Waals surface area contributed by atoms with E-state index < -0.39 is 6.04 Å². The summed E-state index contributed by atoms with van der Waals surface area (Å²) in [7, 11) is 1.60. The molecule has 0 unspecified atom stereocenters. The van der Waals surface area contributed by atoms with E-state index in [0.29, 0.717) is 32.0 Å². The first-order valence-corrected chi connectivity index (χ1v) is 13.2. The lowest BCUT2D eigenvalue weighted by Gasteiger charge is -2.25. The lowest BCUT2D eigenvalue weighted by molar-refractivity contribution is -0.113. The number of carbonyl (C=O) groups is 1. The molecule has 2 aromatic heterocycles. The number of anilines is 1. The quantitative estimate of drug-likeness (QED) is 0.414. The maximum atomic E-state index is 13.9. The molecule has 0 aliphatic carbocycles. The van der Waals surface area contributed by atoms with Crippen molar-refractivity contribution in [2.24, 2.45) is 4.99 Å². The highest BCUT2D eigenvalue weighted by molar-refractivity contribution is 7.07. The Balaban J connectivity index is 1.67. The summed E-state index contributed by atoms with van der Waals surface area (Å²) in [6, 6.07) is 14.4. The zero-order valence-electron chi connectivity index (χ0n) is 22.0. The average Bonchev–Trinajstić information content (AvgIpc) is 3.42. The average molecular weight is 528 g/mol. The van der Waals surface area contributed by atoms with Gasteiger partial charge in [-0.05, 0) is 63.1 Å². The second-order valence-electron chi connectivity index (χ2n) is 9.15. The monoisotopic (exact) mass is 527 g/mol. The topological polar surface area (TPSA) is 90.5 Å². The summed E-state index contributed by atoms with van der Waals surface area (Å²) in [6.45, 7) is 8.44. The maximum Gasteiger partial charge on any atom is 0.271 e. The zero-order valence-corrected chi connectivity index (χ0v) is 22.8. The summed E-state index contributed by atoms with van der Waals surface area (Å²) in [5, 5.41) is 7.53. The molecule has 9 heteroatoms. The van der Waals surface area contributed by atoms with Gasteiger partial charge in [-0.2, -0.15) is 5.10 Å². The smallest absolute Gasteiger partial charge is 0.271 e. The number of benzene rings is 2. The Kier molecular flexibility index (Phi) is 6.86. The van der Waals surface area contributed by atoms with Crippen LogP contribution >= 0.6 is 11.3 Å². The second-order valence-corrected chi connectivity index (χ2v) is 10.2. The molecule has 0 fully saturated rings. The van der Waals surface area contributed by atoms with E-state index in [0.717, 1.165) is 28.9 Å². The van der Waals surface area contributed by atoms with Crippen molar-refractivity contribution in [2.75, 3.05) is 12.4 Å². The summed E-state index contributed by atoms with van der Waals surface area (Å²) >= 11 is 1.31. The highest BCUT2D eigenvalue weighted by Crippen LogP contribution is 2.32. The van der Waals surface area contributed by atoms with Crippen molar-refractivity contribution in [3.8, 4) is 5.75 Å². The van der Waals surface area contributed by atoms with Gasteiger partial charge in [0.2, 0.25) is 0 Å². The molecule has 3 heterocycles. The number of hydrogen-bond donors (Lipinski definition) is 1. The number of amides is 1. The van der Waals surface area contributed by atoms with Crippen LogP contribution in [0.5, 0.6) is 5.75 Å². The fraction of sp³-hybridized carbons (Fsp3) is 0.241. The fourth-order valence-corrected chi connectivity index (χ4v) is 5.63. The molecule has 1 amide bonds. The SMILES string of the molecule is CCn1cc(/C=c2/sc3n(c2=O)[C@H](c2ccc(OC)cc2)C(C(=O)Nc2ccccc2C)=C(C)N=3)c(C)n1. The van der Waals surface area contributed by atoms with Gasteiger partial charge in [-0.3, -0.25) is 18.8 Å². The minimum Gasteiger partial charge on any atom is -0.497 e. The number of methoxy groups -OCH3 is 1. The number of aryl methyl sites for hydroxylation is 3. The lowest BCUT2D eigenvalue weighted by Crippen LogP contribution is -2.40. The zero-order chi connectivity index (χ0) is 27.0. The van der Waals surface area contributed by atoms with Crippen LogP contribution in [0.1, 0.15) is 42.3 Å². The van der Waals surface area contributed by atoms with Crippen LogP contribution < -0.4 is 24.9 Å². The molecule has 0 saturated carbocycles. The molecule has 1 aliphatic rings. The van der Waals surface area contributed by atoms with Gasteiger partial charge in [-0.1, -0.05) is 41.7 Å². The number of rotatable bonds is 6. The molecule has 4 aromatic rings. The van der Waals surface area contributed by atoms with Gasteiger partial charge >= 0.3 is 0 Å². The Morgan fingerprint density at radius 2 is 1.87 bits per heavy atom. The van der Waals surface area contributed by atoms with Gasteiger partial charge in [0.05, 0.1) is 34.6 Å². The van der Waals surface area contributed by atoms with Crippen LogP contribution in [0, 0.1) is 13.8 Å². The van der Waals surface area contributed by atoms with Crippen molar-refractivity contribution in [3.63, 3.8) is 0 Å². The number of nitrogens with one attached hydrogen (secondary N) is 1. The first-order valence-electron chi connectivity index (χ1n) is 12.4. The van der Waals surface area contributed by atoms with E-state index in [1.54, 1.807) is 11.7 Å². The van der Waals surface area contributed by atoms with E-state index in [2.05, 4.69) is 10.4 Å². The number of allylic oxidation sites excluding steroid dienone is 1. The van der Waals surface area contributed by atoms with Gasteiger partial charge in [0, 0.05) is 24.0 Å². The Morgan fingerprint density at radius 1 is 1.13 bits per heavy atom. The summed E-state index contributed by atoms with van der Waals surface area (Å²) in [5.41, 5.74) is 4.97. The molecular weight excluding hydrogens is 498 g/mol. The number of nitrogens with zero attached hydrogens (tertiary/aromatic N) is 4. The van der Waals surface area contributed by atoms with Crippen LogP contribution in [0.4, 0.5) is 5.69 Å². The molecule has 38 heavy (non-hydrogen) atoms. The van der Waals surface area contributed by atoms with Crippen molar-refractivity contribution >= 4 is 29.0 Å². The van der Waals surface area contributed by atoms with Crippen LogP contribution in [0.2, 0.25) is 0 Å². The van der Waals surface area contributed by atoms with E-state index in [4.69, 9.17) is 9.73 Å². The third-order valence-electron chi connectivity index (χ3n) is 6.69. The molecule has 194 valence electrons. The minimum atomic E-state index is -0.650. The number of hydrogen-bond acceptors (Lipinski definition) is 6. The molecule has 1 N–H and O–H groups in total. The van der Waals surface area contributed by atoms with Crippen molar-refractivity contribution in [1.82, 2.24) is 14.3 Å².